The van der Waals surface area contributed by atoms with Gasteiger partial charge >= 0.3 is 5.97 Å². The largest absolute Gasteiger partial charge is 0.420 e. The molecule has 0 aliphatic heterocycles. The van der Waals surface area contributed by atoms with Gasteiger partial charge in [-0.05, 0) is 0 Å². The maximum Gasteiger partial charge on any atom is 0.308 e. The first-order valence-electron chi connectivity index (χ1n) is 3.45. The summed E-state index contributed by atoms with van der Waals surface area (Å²) in [6.07, 6.45) is 0. The summed E-state index contributed by atoms with van der Waals surface area (Å²) in [5, 5.41) is 0. The maximum absolute atomic E-state index is 12.7. The molecule has 0 unspecified atom stereocenters. The topological polar surface area (TPSA) is 26.3 Å². The number of rotatable bonds is 1. The highest BCUT2D eigenvalue weighted by Crippen LogP contribution is 2.26. The van der Waals surface area contributed by atoms with Crippen LogP contribution in [0.1, 0.15) is 6.92 Å². The second-order valence-electron chi connectivity index (χ2n) is 2.39. The Hall–Kier alpha value is -1.59. The van der Waals surface area contributed by atoms with Gasteiger partial charge in [-0.2, -0.15) is 8.78 Å². The van der Waals surface area contributed by atoms with Crippen molar-refractivity contribution in [3.05, 3.63) is 29.3 Å². The van der Waals surface area contributed by atoms with E-state index in [9.17, 15) is 22.4 Å². The minimum absolute atomic E-state index is 0.0255. The summed E-state index contributed by atoms with van der Waals surface area (Å²) in [5.74, 6) is -9.17. The Morgan fingerprint density at radius 2 is 1.57 bits per heavy atom. The fraction of sp³-hybridized carbons (Fsp3) is 0.125. The van der Waals surface area contributed by atoms with Gasteiger partial charge in [0.15, 0.2) is 11.6 Å². The second-order valence-corrected chi connectivity index (χ2v) is 2.39. The van der Waals surface area contributed by atoms with Crippen LogP contribution in [0.2, 0.25) is 0 Å². The molecular formula is C8H4F4O2. The predicted molar refractivity (Wildman–Crippen MR) is 37.6 cm³/mol. The number of carbonyl (C=O) groups is 1. The molecular weight excluding hydrogens is 204 g/mol. The third kappa shape index (κ3) is 1.84. The summed E-state index contributed by atoms with van der Waals surface area (Å²) in [6.45, 7) is 0.849. The first kappa shape index (κ1) is 10.5. The molecule has 0 saturated carbocycles. The lowest BCUT2D eigenvalue weighted by Crippen LogP contribution is -2.07. The van der Waals surface area contributed by atoms with Crippen molar-refractivity contribution in [1.82, 2.24) is 0 Å². The standard InChI is InChI=1S/C8H4F4O2/c1-3(13)14-8-6(11)4(9)2-5(10)7(8)12/h2H,1H3. The molecule has 14 heavy (non-hydrogen) atoms. The molecule has 0 N–H and O–H groups in total. The first-order valence-corrected chi connectivity index (χ1v) is 3.45. The Morgan fingerprint density at radius 3 is 1.93 bits per heavy atom. The average molecular weight is 208 g/mol. The van der Waals surface area contributed by atoms with Gasteiger partial charge in [0.1, 0.15) is 0 Å². The van der Waals surface area contributed by atoms with E-state index < -0.39 is 35.0 Å². The van der Waals surface area contributed by atoms with Crippen LogP contribution in [0, 0.1) is 23.3 Å². The molecule has 0 bridgehead atoms. The highest BCUT2D eigenvalue weighted by atomic mass is 19.2. The van der Waals surface area contributed by atoms with Gasteiger partial charge in [-0.3, -0.25) is 4.79 Å². The summed E-state index contributed by atoms with van der Waals surface area (Å²) in [4.78, 5) is 10.3. The van der Waals surface area contributed by atoms with Gasteiger partial charge in [-0.25, -0.2) is 8.78 Å². The summed E-state index contributed by atoms with van der Waals surface area (Å²) in [7, 11) is 0. The van der Waals surface area contributed by atoms with E-state index in [4.69, 9.17) is 0 Å². The third-order valence-corrected chi connectivity index (χ3v) is 1.32. The smallest absolute Gasteiger partial charge is 0.308 e. The van der Waals surface area contributed by atoms with E-state index in [0.29, 0.717) is 0 Å². The second kappa shape index (κ2) is 3.65. The Bertz CT molecular complexity index is 363. The van der Waals surface area contributed by atoms with E-state index in [1.54, 1.807) is 0 Å². The SMILES string of the molecule is CC(=O)Oc1c(F)c(F)cc(F)c1F. The number of esters is 1. The Morgan fingerprint density at radius 1 is 1.14 bits per heavy atom. The minimum Gasteiger partial charge on any atom is -0.420 e. The van der Waals surface area contributed by atoms with Crippen molar-refractivity contribution in [2.45, 2.75) is 6.92 Å². The molecule has 0 amide bonds. The van der Waals surface area contributed by atoms with E-state index >= 15 is 0 Å². The molecule has 0 aliphatic rings. The lowest BCUT2D eigenvalue weighted by Gasteiger charge is -2.05. The molecule has 1 aromatic rings. The van der Waals surface area contributed by atoms with Crippen LogP contribution in [-0.4, -0.2) is 5.97 Å². The number of ether oxygens (including phenoxy) is 1. The van der Waals surface area contributed by atoms with E-state index in [-0.39, 0.29) is 6.07 Å². The zero-order valence-corrected chi connectivity index (χ0v) is 6.91. The predicted octanol–water partition coefficient (Wildman–Crippen LogP) is 2.17. The minimum atomic E-state index is -1.74. The van der Waals surface area contributed by atoms with E-state index in [1.165, 1.54) is 0 Å². The highest BCUT2D eigenvalue weighted by Gasteiger charge is 2.21. The van der Waals surface area contributed by atoms with Gasteiger partial charge in [0, 0.05) is 13.0 Å². The monoisotopic (exact) mass is 208 g/mol. The lowest BCUT2D eigenvalue weighted by atomic mass is 10.3. The quantitative estimate of drug-likeness (QED) is 0.306. The van der Waals surface area contributed by atoms with Crippen molar-refractivity contribution < 1.29 is 27.1 Å². The molecule has 0 radical (unpaired) electrons. The van der Waals surface area contributed by atoms with Gasteiger partial charge in [-0.15, -0.1) is 0 Å². The van der Waals surface area contributed by atoms with Crippen LogP contribution in [0.15, 0.2) is 6.07 Å². The molecule has 0 aliphatic carbocycles. The van der Waals surface area contributed by atoms with Crippen molar-refractivity contribution in [3.8, 4) is 5.75 Å². The lowest BCUT2D eigenvalue weighted by molar-refractivity contribution is -0.132. The van der Waals surface area contributed by atoms with Gasteiger partial charge in [0.05, 0.1) is 0 Å². The molecule has 6 heteroatoms. The van der Waals surface area contributed by atoms with E-state index in [2.05, 4.69) is 4.74 Å². The summed E-state index contributed by atoms with van der Waals surface area (Å²) in [5.41, 5.74) is 0. The Labute approximate surface area is 76.1 Å². The molecule has 0 atom stereocenters. The van der Waals surface area contributed by atoms with Crippen LogP contribution >= 0.6 is 0 Å². The average Bonchev–Trinajstić information content (AvgIpc) is 2.09. The zero-order valence-electron chi connectivity index (χ0n) is 6.91. The highest BCUT2D eigenvalue weighted by molar-refractivity contribution is 5.69. The molecule has 0 saturated heterocycles. The van der Waals surface area contributed by atoms with Crippen molar-refractivity contribution >= 4 is 5.97 Å². The summed E-state index contributed by atoms with van der Waals surface area (Å²) < 4.78 is 54.5. The summed E-state index contributed by atoms with van der Waals surface area (Å²) in [6, 6.07) is 0.0255. The van der Waals surface area contributed by atoms with E-state index in [1.807, 2.05) is 0 Å². The molecule has 0 spiro atoms. The number of hydrogen-bond donors (Lipinski definition) is 0. The number of carbonyl (C=O) groups excluding carboxylic acids is 1. The number of benzene rings is 1. The molecule has 76 valence electrons. The fourth-order valence-electron chi connectivity index (χ4n) is 0.785. The Balaban J connectivity index is 3.31. The van der Waals surface area contributed by atoms with Gasteiger partial charge in [0.2, 0.25) is 17.4 Å². The normalized spacial score (nSPS) is 10.1. The van der Waals surface area contributed by atoms with Crippen LogP contribution in [0.4, 0.5) is 17.6 Å². The third-order valence-electron chi connectivity index (χ3n) is 1.32. The van der Waals surface area contributed by atoms with Crippen molar-refractivity contribution in [2.24, 2.45) is 0 Å². The van der Waals surface area contributed by atoms with Crippen molar-refractivity contribution in [2.75, 3.05) is 0 Å². The zero-order chi connectivity index (χ0) is 10.9. The van der Waals surface area contributed by atoms with Gasteiger partial charge in [0.25, 0.3) is 0 Å². The first-order chi connectivity index (χ1) is 6.43. The number of halogens is 4. The van der Waals surface area contributed by atoms with Crippen LogP contribution in [0.5, 0.6) is 5.75 Å². The molecule has 0 heterocycles. The molecule has 1 rings (SSSR count). The van der Waals surface area contributed by atoms with Gasteiger partial charge in [-0.1, -0.05) is 0 Å². The van der Waals surface area contributed by atoms with Crippen molar-refractivity contribution in [1.29, 1.82) is 0 Å². The van der Waals surface area contributed by atoms with E-state index in [0.717, 1.165) is 6.92 Å². The van der Waals surface area contributed by atoms with Crippen molar-refractivity contribution in [3.63, 3.8) is 0 Å². The maximum atomic E-state index is 12.7. The van der Waals surface area contributed by atoms with Crippen LogP contribution < -0.4 is 4.74 Å². The molecule has 0 aromatic heterocycles. The Kier molecular flexibility index (Phi) is 2.73. The van der Waals surface area contributed by atoms with Gasteiger partial charge < -0.3 is 4.74 Å². The molecule has 2 nitrogen and oxygen atoms in total. The van der Waals surface area contributed by atoms with Crippen LogP contribution in [-0.2, 0) is 4.79 Å². The van der Waals surface area contributed by atoms with Crippen LogP contribution in [0.3, 0.4) is 0 Å². The molecule has 1 aromatic carbocycles. The summed E-state index contributed by atoms with van der Waals surface area (Å²) >= 11 is 0. The van der Waals surface area contributed by atoms with Crippen LogP contribution in [0.25, 0.3) is 0 Å². The molecule has 0 fully saturated rings. The number of hydrogen-bond acceptors (Lipinski definition) is 2. The fourth-order valence-corrected chi connectivity index (χ4v) is 0.785.